The number of hydrogen-bond acceptors (Lipinski definition) is 8. The standard InChI is InChI=1S/C14H19FN6O6/c1-6(2)9(12(24)25)17-7-3-4-21(13(26)18-7)11-8(15)10(23)14(5-22,27-11)19-20-16/h3-4,6,8-11,22-23H,5H2,1-2H3,(H,24,25)(H,17,18,26)/t8-,9+,10-,11+,14+/m0/s1. The molecule has 4 N–H and O–H groups in total. The number of aliphatic hydroxyl groups excluding tert-OH is 2. The lowest BCUT2D eigenvalue weighted by Crippen LogP contribution is -2.43. The van der Waals surface area contributed by atoms with Crippen molar-refractivity contribution in [2.45, 2.75) is 44.1 Å². The Kier molecular flexibility index (Phi) is 6.01. The van der Waals surface area contributed by atoms with Crippen molar-refractivity contribution in [2.75, 3.05) is 11.9 Å². The summed E-state index contributed by atoms with van der Waals surface area (Å²) in [4.78, 5) is 29.5. The predicted octanol–water partition coefficient (Wildman–Crippen LogP) is -0.00890. The topological polar surface area (TPSA) is 183 Å². The van der Waals surface area contributed by atoms with Gasteiger partial charge in [0.05, 0.1) is 6.61 Å². The molecule has 2 heterocycles. The summed E-state index contributed by atoms with van der Waals surface area (Å²) in [5.74, 6) is -1.48. The maximum atomic E-state index is 14.4. The highest BCUT2D eigenvalue weighted by molar-refractivity contribution is 5.77. The molecule has 0 bridgehead atoms. The average molecular weight is 386 g/mol. The summed E-state index contributed by atoms with van der Waals surface area (Å²) in [5, 5.41) is 34.1. The summed E-state index contributed by atoms with van der Waals surface area (Å²) < 4.78 is 20.3. The number of nitrogens with one attached hydrogen (secondary N) is 1. The first-order valence-electron chi connectivity index (χ1n) is 7.92. The van der Waals surface area contributed by atoms with E-state index in [0.717, 1.165) is 6.20 Å². The monoisotopic (exact) mass is 386 g/mol. The van der Waals surface area contributed by atoms with Crippen LogP contribution in [0, 0.1) is 5.92 Å². The molecule has 0 aromatic carbocycles. The first-order chi connectivity index (χ1) is 12.7. The predicted molar refractivity (Wildman–Crippen MR) is 88.4 cm³/mol. The minimum Gasteiger partial charge on any atom is -0.480 e. The fourth-order valence-corrected chi connectivity index (χ4v) is 2.64. The Bertz CT molecular complexity index is 812. The van der Waals surface area contributed by atoms with Crippen molar-refractivity contribution in [3.63, 3.8) is 0 Å². The quantitative estimate of drug-likeness (QED) is 0.286. The lowest BCUT2D eigenvalue weighted by atomic mass is 10.1. The zero-order valence-corrected chi connectivity index (χ0v) is 14.4. The zero-order valence-electron chi connectivity index (χ0n) is 14.4. The van der Waals surface area contributed by atoms with Gasteiger partial charge >= 0.3 is 11.7 Å². The number of ether oxygens (including phenoxy) is 1. The molecule has 0 unspecified atom stereocenters. The van der Waals surface area contributed by atoms with E-state index in [1.54, 1.807) is 13.8 Å². The van der Waals surface area contributed by atoms with Crippen LogP contribution in [0.25, 0.3) is 10.4 Å². The van der Waals surface area contributed by atoms with E-state index >= 15 is 0 Å². The highest BCUT2D eigenvalue weighted by Crippen LogP contribution is 2.39. The fraction of sp³-hybridized carbons (Fsp3) is 0.643. The highest BCUT2D eigenvalue weighted by atomic mass is 19.1. The number of anilines is 1. The lowest BCUT2D eigenvalue weighted by Gasteiger charge is -2.23. The Morgan fingerprint density at radius 3 is 2.78 bits per heavy atom. The van der Waals surface area contributed by atoms with Crippen LogP contribution < -0.4 is 11.0 Å². The zero-order chi connectivity index (χ0) is 20.4. The van der Waals surface area contributed by atoms with Gasteiger partial charge in [0, 0.05) is 11.1 Å². The third kappa shape index (κ3) is 3.85. The molecule has 0 amide bonds. The molecule has 12 nitrogen and oxygen atoms in total. The van der Waals surface area contributed by atoms with Crippen LogP contribution in [0.4, 0.5) is 10.2 Å². The maximum absolute atomic E-state index is 14.4. The van der Waals surface area contributed by atoms with Crippen molar-refractivity contribution in [1.82, 2.24) is 9.55 Å². The summed E-state index contributed by atoms with van der Waals surface area (Å²) in [6, 6.07) is 0.229. The molecule has 2 rings (SSSR count). The van der Waals surface area contributed by atoms with Gasteiger partial charge in [0.1, 0.15) is 18.0 Å². The fourth-order valence-electron chi connectivity index (χ4n) is 2.64. The number of alkyl halides is 1. The van der Waals surface area contributed by atoms with Gasteiger partial charge in [-0.05, 0) is 17.5 Å². The lowest BCUT2D eigenvalue weighted by molar-refractivity contribution is -0.138. The van der Waals surface area contributed by atoms with E-state index in [1.807, 2.05) is 0 Å². The normalized spacial score (nSPS) is 28.6. The molecule has 1 aliphatic rings. The average Bonchev–Trinajstić information content (AvgIpc) is 2.85. The Hall–Kier alpha value is -2.73. The van der Waals surface area contributed by atoms with Crippen LogP contribution >= 0.6 is 0 Å². The number of carbonyl (C=O) groups is 1. The Labute approximate surface area is 151 Å². The van der Waals surface area contributed by atoms with Gasteiger partial charge < -0.3 is 25.4 Å². The second-order valence-electron chi connectivity index (χ2n) is 6.30. The maximum Gasteiger partial charge on any atom is 0.351 e. The number of halogens is 1. The van der Waals surface area contributed by atoms with E-state index < -0.39 is 48.5 Å². The van der Waals surface area contributed by atoms with Crippen LogP contribution in [0.3, 0.4) is 0 Å². The minimum absolute atomic E-state index is 0.0465. The first kappa shape index (κ1) is 20.6. The van der Waals surface area contributed by atoms with Crippen LogP contribution in [0.1, 0.15) is 20.1 Å². The Balaban J connectivity index is 2.32. The number of aliphatic carboxylic acids is 1. The highest BCUT2D eigenvalue weighted by Gasteiger charge is 2.56. The first-order valence-corrected chi connectivity index (χ1v) is 7.92. The summed E-state index contributed by atoms with van der Waals surface area (Å²) in [5.41, 5.74) is 5.27. The van der Waals surface area contributed by atoms with Gasteiger partial charge in [-0.1, -0.05) is 19.0 Å². The molecule has 148 valence electrons. The van der Waals surface area contributed by atoms with E-state index in [9.17, 15) is 24.2 Å². The Morgan fingerprint density at radius 2 is 2.30 bits per heavy atom. The van der Waals surface area contributed by atoms with Crippen molar-refractivity contribution in [2.24, 2.45) is 11.0 Å². The van der Waals surface area contributed by atoms with Gasteiger partial charge in [-0.25, -0.2) is 14.0 Å². The van der Waals surface area contributed by atoms with Crippen molar-refractivity contribution in [1.29, 1.82) is 0 Å². The molecular formula is C14H19FN6O6. The van der Waals surface area contributed by atoms with Crippen LogP contribution in [-0.2, 0) is 9.53 Å². The van der Waals surface area contributed by atoms with Gasteiger partial charge in [-0.2, -0.15) is 4.98 Å². The van der Waals surface area contributed by atoms with Crippen LogP contribution in [0.2, 0.25) is 0 Å². The molecule has 1 aromatic rings. The van der Waals surface area contributed by atoms with Crippen molar-refractivity contribution in [3.05, 3.63) is 33.2 Å². The van der Waals surface area contributed by atoms with Crippen LogP contribution in [0.5, 0.6) is 0 Å². The van der Waals surface area contributed by atoms with Crippen molar-refractivity contribution < 1.29 is 29.2 Å². The molecule has 0 saturated carbocycles. The van der Waals surface area contributed by atoms with Gasteiger partial charge in [0.15, 0.2) is 12.4 Å². The molecule has 1 aromatic heterocycles. The minimum atomic E-state index is -2.28. The molecule has 5 atom stereocenters. The molecule has 27 heavy (non-hydrogen) atoms. The smallest absolute Gasteiger partial charge is 0.351 e. The molecule has 1 saturated heterocycles. The third-order valence-electron chi connectivity index (χ3n) is 4.14. The molecule has 0 spiro atoms. The number of hydrogen-bond donors (Lipinski definition) is 4. The van der Waals surface area contributed by atoms with E-state index in [0.29, 0.717) is 4.57 Å². The molecular weight excluding hydrogens is 367 g/mol. The molecule has 0 aliphatic carbocycles. The van der Waals surface area contributed by atoms with Crippen molar-refractivity contribution in [3.8, 4) is 0 Å². The SMILES string of the molecule is CC(C)[C@@H](Nc1ccn([C@@H]2O[C@@](CO)(N=[N+]=[N-])[C@@H](O)[C@@H]2F)c(=O)n1)C(=O)O. The number of azide groups is 1. The number of carboxylic acid groups (broad SMARTS) is 1. The van der Waals surface area contributed by atoms with Crippen LogP contribution in [-0.4, -0.2) is 61.5 Å². The number of aliphatic hydroxyl groups is 2. The number of aromatic nitrogens is 2. The van der Waals surface area contributed by atoms with Gasteiger partial charge in [0.2, 0.25) is 5.72 Å². The van der Waals surface area contributed by atoms with E-state index in [4.69, 9.17) is 15.4 Å². The number of rotatable bonds is 7. The molecule has 1 aliphatic heterocycles. The van der Waals surface area contributed by atoms with E-state index in [1.165, 1.54) is 6.07 Å². The number of nitrogens with zero attached hydrogens (tertiary/aromatic N) is 5. The van der Waals surface area contributed by atoms with Gasteiger partial charge in [-0.15, -0.1) is 0 Å². The summed E-state index contributed by atoms with van der Waals surface area (Å²) in [6.07, 6.45) is -4.81. The largest absolute Gasteiger partial charge is 0.480 e. The van der Waals surface area contributed by atoms with E-state index in [2.05, 4.69) is 20.3 Å². The second kappa shape index (κ2) is 7.88. The second-order valence-corrected chi connectivity index (χ2v) is 6.30. The van der Waals surface area contributed by atoms with Gasteiger partial charge in [0.25, 0.3) is 0 Å². The number of carboxylic acids is 1. The van der Waals surface area contributed by atoms with E-state index in [-0.39, 0.29) is 11.7 Å². The third-order valence-corrected chi connectivity index (χ3v) is 4.14. The molecule has 1 fully saturated rings. The summed E-state index contributed by atoms with van der Waals surface area (Å²) in [6.45, 7) is 2.32. The summed E-state index contributed by atoms with van der Waals surface area (Å²) in [7, 11) is 0. The summed E-state index contributed by atoms with van der Waals surface area (Å²) >= 11 is 0. The molecule has 13 heteroatoms. The molecule has 0 radical (unpaired) electrons. The van der Waals surface area contributed by atoms with Crippen LogP contribution in [0.15, 0.2) is 22.2 Å². The Morgan fingerprint density at radius 1 is 1.63 bits per heavy atom. The van der Waals surface area contributed by atoms with Crippen molar-refractivity contribution >= 4 is 11.8 Å². The van der Waals surface area contributed by atoms with Gasteiger partial charge in [-0.3, -0.25) is 4.57 Å².